The minimum absolute atomic E-state index is 0.0111. The molecule has 0 bridgehead atoms. The van der Waals surface area contributed by atoms with E-state index in [1.807, 2.05) is 0 Å². The third kappa shape index (κ3) is 6.35. The number of aryl methyl sites for hydroxylation is 1. The van der Waals surface area contributed by atoms with Crippen molar-refractivity contribution in [2.45, 2.75) is 33.1 Å². The van der Waals surface area contributed by atoms with Crippen LogP contribution in [-0.2, 0) is 4.79 Å². The number of rotatable bonds is 5. The molecule has 2 N–H and O–H groups in total. The third-order valence-electron chi connectivity index (χ3n) is 2.39. The molecule has 0 spiro atoms. The van der Waals surface area contributed by atoms with Gasteiger partial charge < -0.3 is 15.0 Å². The Hall–Kier alpha value is -2.17. The van der Waals surface area contributed by atoms with E-state index in [0.29, 0.717) is 5.56 Å². The first-order valence-electron chi connectivity index (χ1n) is 5.94. The molecule has 0 atom stereocenters. The van der Waals surface area contributed by atoms with Crippen LogP contribution in [0.2, 0.25) is 0 Å². The van der Waals surface area contributed by atoms with E-state index < -0.39 is 11.9 Å². The Labute approximate surface area is 111 Å². The second-order valence-corrected chi connectivity index (χ2v) is 3.95. The number of unbranched alkanes of at least 4 members (excludes halogenated alkanes) is 2. The van der Waals surface area contributed by atoms with Gasteiger partial charge in [-0.25, -0.2) is 9.59 Å². The molecule has 104 valence electrons. The number of hydrogen-bond donors (Lipinski definition) is 2. The topological polar surface area (TPSA) is 91.7 Å². The van der Waals surface area contributed by atoms with Crippen molar-refractivity contribution in [3.05, 3.63) is 34.9 Å². The largest absolute Gasteiger partial charge is 0.478 e. The van der Waals surface area contributed by atoms with Crippen molar-refractivity contribution in [3.63, 3.8) is 0 Å². The number of carbonyl (C=O) groups excluding carboxylic acids is 1. The first-order valence-corrected chi connectivity index (χ1v) is 5.94. The first-order chi connectivity index (χ1) is 8.93. The Morgan fingerprint density at radius 3 is 2.21 bits per heavy atom. The molecule has 0 aromatic heterocycles. The van der Waals surface area contributed by atoms with E-state index in [4.69, 9.17) is 10.2 Å². The molecule has 0 aliphatic rings. The lowest BCUT2D eigenvalue weighted by molar-refractivity contribution is -0.107. The van der Waals surface area contributed by atoms with Crippen LogP contribution in [0.5, 0.6) is 0 Å². The summed E-state index contributed by atoms with van der Waals surface area (Å²) >= 11 is 0. The third-order valence-corrected chi connectivity index (χ3v) is 2.39. The number of carboxylic acids is 2. The number of carboxylic acid groups (broad SMARTS) is 2. The molecular formula is C14H18O5. The van der Waals surface area contributed by atoms with Crippen LogP contribution in [-0.4, -0.2) is 28.4 Å². The molecule has 0 aliphatic carbocycles. The molecule has 5 heteroatoms. The standard InChI is InChI=1S/C9H8O4.C5H10O/c1-5-2-3-6(8(10)11)4-7(5)9(12)13;1-2-3-4-5-6/h2-4H,1H3,(H,10,11)(H,12,13);5H,2-4H2,1H3. The Balaban J connectivity index is 0.000000459. The van der Waals surface area contributed by atoms with Gasteiger partial charge in [0.05, 0.1) is 11.1 Å². The van der Waals surface area contributed by atoms with E-state index in [1.54, 1.807) is 6.92 Å². The summed E-state index contributed by atoms with van der Waals surface area (Å²) in [7, 11) is 0. The average molecular weight is 266 g/mol. The maximum Gasteiger partial charge on any atom is 0.335 e. The zero-order chi connectivity index (χ0) is 14.8. The van der Waals surface area contributed by atoms with Crippen molar-refractivity contribution in [2.75, 3.05) is 0 Å². The molecular weight excluding hydrogens is 248 g/mol. The van der Waals surface area contributed by atoms with Gasteiger partial charge in [-0.1, -0.05) is 19.4 Å². The summed E-state index contributed by atoms with van der Waals surface area (Å²) < 4.78 is 0. The molecule has 1 aromatic carbocycles. The normalized spacial score (nSPS) is 9.16. The second-order valence-electron chi connectivity index (χ2n) is 3.95. The Kier molecular flexibility index (Phi) is 7.84. The number of benzene rings is 1. The molecule has 0 saturated heterocycles. The number of aromatic carboxylic acids is 2. The highest BCUT2D eigenvalue weighted by atomic mass is 16.4. The van der Waals surface area contributed by atoms with E-state index in [0.717, 1.165) is 31.6 Å². The van der Waals surface area contributed by atoms with Crippen molar-refractivity contribution in [1.29, 1.82) is 0 Å². The summed E-state index contributed by atoms with van der Waals surface area (Å²) in [6.45, 7) is 3.69. The van der Waals surface area contributed by atoms with Gasteiger partial charge in [-0.15, -0.1) is 0 Å². The first kappa shape index (κ1) is 16.8. The molecule has 0 radical (unpaired) electrons. The zero-order valence-electron chi connectivity index (χ0n) is 11.0. The smallest absolute Gasteiger partial charge is 0.335 e. The van der Waals surface area contributed by atoms with Gasteiger partial charge >= 0.3 is 11.9 Å². The molecule has 0 fully saturated rings. The van der Waals surface area contributed by atoms with E-state index in [2.05, 4.69) is 6.92 Å². The fourth-order valence-corrected chi connectivity index (χ4v) is 1.27. The van der Waals surface area contributed by atoms with Gasteiger partial charge in [0, 0.05) is 6.42 Å². The SMILES string of the molecule is CCCCC=O.Cc1ccc(C(=O)O)cc1C(=O)O. The molecule has 19 heavy (non-hydrogen) atoms. The van der Waals surface area contributed by atoms with Gasteiger partial charge in [-0.3, -0.25) is 0 Å². The number of carbonyl (C=O) groups is 3. The monoisotopic (exact) mass is 266 g/mol. The van der Waals surface area contributed by atoms with Crippen LogP contribution in [0.15, 0.2) is 18.2 Å². The second kappa shape index (κ2) is 8.85. The summed E-state index contributed by atoms with van der Waals surface area (Å²) in [6.07, 6.45) is 3.86. The van der Waals surface area contributed by atoms with E-state index in [9.17, 15) is 14.4 Å². The maximum absolute atomic E-state index is 10.6. The predicted molar refractivity (Wildman–Crippen MR) is 70.7 cm³/mol. The summed E-state index contributed by atoms with van der Waals surface area (Å²) in [5.41, 5.74) is 0.570. The van der Waals surface area contributed by atoms with Crippen LogP contribution in [0.4, 0.5) is 0 Å². The molecule has 0 unspecified atom stereocenters. The quantitative estimate of drug-likeness (QED) is 0.631. The highest BCUT2D eigenvalue weighted by molar-refractivity contribution is 5.94. The van der Waals surface area contributed by atoms with Crippen LogP contribution in [0.1, 0.15) is 52.5 Å². The van der Waals surface area contributed by atoms with Crippen LogP contribution < -0.4 is 0 Å². The molecule has 0 aliphatic heterocycles. The fourth-order valence-electron chi connectivity index (χ4n) is 1.27. The lowest BCUT2D eigenvalue weighted by atomic mass is 10.1. The molecule has 1 aromatic rings. The predicted octanol–water partition coefficient (Wildman–Crippen LogP) is 2.77. The fraction of sp³-hybridized carbons (Fsp3) is 0.357. The number of hydrogen-bond acceptors (Lipinski definition) is 3. The van der Waals surface area contributed by atoms with Gasteiger partial charge in [0.2, 0.25) is 0 Å². The van der Waals surface area contributed by atoms with Gasteiger partial charge in [-0.2, -0.15) is 0 Å². The van der Waals surface area contributed by atoms with Crippen molar-refractivity contribution in [3.8, 4) is 0 Å². The van der Waals surface area contributed by atoms with Gasteiger partial charge in [0.15, 0.2) is 0 Å². The summed E-state index contributed by atoms with van der Waals surface area (Å²) in [5.74, 6) is -2.23. The van der Waals surface area contributed by atoms with Gasteiger partial charge in [0.1, 0.15) is 6.29 Å². The lowest BCUT2D eigenvalue weighted by Crippen LogP contribution is -2.03. The summed E-state index contributed by atoms with van der Waals surface area (Å²) in [6, 6.07) is 4.01. The van der Waals surface area contributed by atoms with Crippen LogP contribution in [0.3, 0.4) is 0 Å². The molecule has 1 rings (SSSR count). The minimum Gasteiger partial charge on any atom is -0.478 e. The van der Waals surface area contributed by atoms with Crippen LogP contribution in [0, 0.1) is 6.92 Å². The van der Waals surface area contributed by atoms with E-state index >= 15 is 0 Å². The molecule has 5 nitrogen and oxygen atoms in total. The van der Waals surface area contributed by atoms with Gasteiger partial charge in [0.25, 0.3) is 0 Å². The Bertz CT molecular complexity index is 451. The highest BCUT2D eigenvalue weighted by Gasteiger charge is 2.10. The summed E-state index contributed by atoms with van der Waals surface area (Å²) in [5, 5.41) is 17.3. The molecule has 0 heterocycles. The molecule has 0 amide bonds. The zero-order valence-corrected chi connectivity index (χ0v) is 11.0. The Morgan fingerprint density at radius 1 is 1.21 bits per heavy atom. The number of aldehydes is 1. The van der Waals surface area contributed by atoms with Crippen molar-refractivity contribution < 1.29 is 24.6 Å². The van der Waals surface area contributed by atoms with Crippen LogP contribution >= 0.6 is 0 Å². The molecule has 0 saturated carbocycles. The highest BCUT2D eigenvalue weighted by Crippen LogP contribution is 2.11. The average Bonchev–Trinajstić information content (AvgIpc) is 2.37. The lowest BCUT2D eigenvalue weighted by Gasteiger charge is -2.01. The maximum atomic E-state index is 10.6. The van der Waals surface area contributed by atoms with Crippen molar-refractivity contribution >= 4 is 18.2 Å². The minimum atomic E-state index is -1.12. The summed E-state index contributed by atoms with van der Waals surface area (Å²) in [4.78, 5) is 30.7. The van der Waals surface area contributed by atoms with E-state index in [-0.39, 0.29) is 11.1 Å². The van der Waals surface area contributed by atoms with E-state index in [1.165, 1.54) is 12.1 Å². The van der Waals surface area contributed by atoms with Crippen molar-refractivity contribution in [2.24, 2.45) is 0 Å². The van der Waals surface area contributed by atoms with Gasteiger partial charge in [-0.05, 0) is 31.0 Å². The van der Waals surface area contributed by atoms with Crippen LogP contribution in [0.25, 0.3) is 0 Å². The van der Waals surface area contributed by atoms with Crippen molar-refractivity contribution in [1.82, 2.24) is 0 Å². The Morgan fingerprint density at radius 2 is 1.84 bits per heavy atom.